The molecule has 1 heterocycles. The zero-order valence-corrected chi connectivity index (χ0v) is 23.4. The van der Waals surface area contributed by atoms with Crippen molar-refractivity contribution in [3.05, 3.63) is 63.6 Å². The molecule has 39 heavy (non-hydrogen) atoms. The Hall–Kier alpha value is -3.10. The molecule has 0 aromatic heterocycles. The van der Waals surface area contributed by atoms with E-state index in [1.165, 1.54) is 61.9 Å². The number of carboxylic acid groups (broad SMARTS) is 1. The van der Waals surface area contributed by atoms with Gasteiger partial charge in [-0.3, -0.25) is 14.4 Å². The normalized spacial score (nSPS) is 17.1. The number of nitrogens with zero attached hydrogens (tertiary/aromatic N) is 2. The van der Waals surface area contributed by atoms with Gasteiger partial charge in [-0.1, -0.05) is 48.2 Å². The van der Waals surface area contributed by atoms with Gasteiger partial charge in [0, 0.05) is 42.2 Å². The number of carboxylic acids is 1. The second kappa shape index (κ2) is 12.4. The second-order valence-electron chi connectivity index (χ2n) is 10.5. The van der Waals surface area contributed by atoms with Crippen molar-refractivity contribution < 1.29 is 24.3 Å². The van der Waals surface area contributed by atoms with Gasteiger partial charge in [0.25, 0.3) is 5.91 Å². The number of aromatic carboxylic acids is 1. The lowest BCUT2D eigenvalue weighted by Crippen LogP contribution is -2.52. The summed E-state index contributed by atoms with van der Waals surface area (Å²) in [7, 11) is 1.50. The lowest BCUT2D eigenvalue weighted by molar-refractivity contribution is -0.135. The van der Waals surface area contributed by atoms with Gasteiger partial charge in [-0.05, 0) is 67.9 Å². The van der Waals surface area contributed by atoms with Gasteiger partial charge >= 0.3 is 5.97 Å². The third-order valence-corrected chi connectivity index (χ3v) is 8.48. The minimum atomic E-state index is -1.14. The summed E-state index contributed by atoms with van der Waals surface area (Å²) in [6.07, 6.45) is 6.72. The molecular formula is C29H33Cl2N3O5. The average Bonchev–Trinajstić information content (AvgIpc) is 3.37. The molecule has 1 saturated carbocycles. The van der Waals surface area contributed by atoms with E-state index in [1.807, 2.05) is 0 Å². The van der Waals surface area contributed by atoms with Crippen molar-refractivity contribution in [3.8, 4) is 0 Å². The van der Waals surface area contributed by atoms with E-state index < -0.39 is 17.9 Å². The number of benzene rings is 2. The number of nitrogens with one attached hydrogen (secondary N) is 1. The molecule has 3 amide bonds. The number of amides is 3. The summed E-state index contributed by atoms with van der Waals surface area (Å²) in [5, 5.41) is 12.9. The van der Waals surface area contributed by atoms with Crippen molar-refractivity contribution >= 4 is 52.6 Å². The molecule has 1 saturated heterocycles. The number of carbonyl (C=O) groups excluding carboxylic acids is 3. The van der Waals surface area contributed by atoms with E-state index in [2.05, 4.69) is 5.32 Å². The van der Waals surface area contributed by atoms with Crippen molar-refractivity contribution in [1.82, 2.24) is 10.2 Å². The minimum Gasteiger partial charge on any atom is -0.478 e. The Bertz CT molecular complexity index is 1230. The molecule has 2 aromatic rings. The third kappa shape index (κ3) is 6.92. The van der Waals surface area contributed by atoms with Crippen LogP contribution < -0.4 is 10.2 Å². The molecule has 2 aromatic carbocycles. The SMILES string of the molecule is CN(C(=O)CC[C@@H](NC(=O)c1cc(Cl)cc(Cl)c1)C(=O)N1CCC2(CCCC2)CC1)c1ccccc1C(=O)O. The Labute approximate surface area is 238 Å². The van der Waals surface area contributed by atoms with Crippen molar-refractivity contribution in [2.75, 3.05) is 25.0 Å². The lowest BCUT2D eigenvalue weighted by Gasteiger charge is -2.40. The number of para-hydroxylation sites is 1. The van der Waals surface area contributed by atoms with Crippen LogP contribution in [0.15, 0.2) is 42.5 Å². The van der Waals surface area contributed by atoms with E-state index in [0.29, 0.717) is 28.5 Å². The molecule has 2 fully saturated rings. The standard InChI is InChI=1S/C29H33Cl2N3O5/c1-33(24-7-3-2-6-22(24)28(38)39)25(35)9-8-23(32-26(36)19-16-20(30)18-21(31)17-19)27(37)34-14-12-29(13-15-34)10-4-5-11-29/h2-3,6-7,16-18,23H,4-5,8-15H2,1H3,(H,32,36)(H,38,39)/t23-/m1/s1. The highest BCUT2D eigenvalue weighted by atomic mass is 35.5. The summed E-state index contributed by atoms with van der Waals surface area (Å²) in [4.78, 5) is 54.5. The summed E-state index contributed by atoms with van der Waals surface area (Å²) >= 11 is 12.1. The third-order valence-electron chi connectivity index (χ3n) is 8.04. The number of piperidine rings is 1. The Morgan fingerprint density at radius 1 is 1.00 bits per heavy atom. The average molecular weight is 575 g/mol. The van der Waals surface area contributed by atoms with Crippen LogP contribution in [0.3, 0.4) is 0 Å². The Balaban J connectivity index is 1.48. The zero-order chi connectivity index (χ0) is 28.2. The molecule has 1 atom stereocenters. The van der Waals surface area contributed by atoms with Crippen molar-refractivity contribution in [3.63, 3.8) is 0 Å². The molecule has 10 heteroatoms. The molecule has 0 unspecified atom stereocenters. The van der Waals surface area contributed by atoms with Crippen LogP contribution >= 0.6 is 23.2 Å². The van der Waals surface area contributed by atoms with Gasteiger partial charge in [0.2, 0.25) is 11.8 Å². The predicted molar refractivity (Wildman–Crippen MR) is 150 cm³/mol. The summed E-state index contributed by atoms with van der Waals surface area (Å²) in [6, 6.07) is 9.73. The zero-order valence-electron chi connectivity index (χ0n) is 21.9. The van der Waals surface area contributed by atoms with E-state index >= 15 is 0 Å². The molecule has 0 bridgehead atoms. The molecule has 208 valence electrons. The second-order valence-corrected chi connectivity index (χ2v) is 11.4. The first kappa shape index (κ1) is 28.9. The maximum absolute atomic E-state index is 13.7. The van der Waals surface area contributed by atoms with Crippen molar-refractivity contribution in [1.29, 1.82) is 0 Å². The summed E-state index contributed by atoms with van der Waals surface area (Å²) in [5.41, 5.74) is 0.797. The van der Waals surface area contributed by atoms with Gasteiger partial charge in [0.1, 0.15) is 6.04 Å². The van der Waals surface area contributed by atoms with E-state index in [0.717, 1.165) is 12.8 Å². The molecule has 1 spiro atoms. The first-order valence-electron chi connectivity index (χ1n) is 13.2. The molecular weight excluding hydrogens is 541 g/mol. The highest BCUT2D eigenvalue weighted by Gasteiger charge is 2.39. The fourth-order valence-corrected chi connectivity index (χ4v) is 6.27. The Kier molecular flexibility index (Phi) is 9.18. The minimum absolute atomic E-state index is 0.00118. The van der Waals surface area contributed by atoms with E-state index in [4.69, 9.17) is 23.2 Å². The monoisotopic (exact) mass is 573 g/mol. The number of rotatable bonds is 8. The van der Waals surface area contributed by atoms with Gasteiger partial charge < -0.3 is 20.2 Å². The van der Waals surface area contributed by atoms with Crippen LogP contribution in [-0.4, -0.2) is 59.9 Å². The van der Waals surface area contributed by atoms with Crippen molar-refractivity contribution in [2.45, 2.75) is 57.4 Å². The lowest BCUT2D eigenvalue weighted by atomic mass is 9.77. The smallest absolute Gasteiger partial charge is 0.337 e. The highest BCUT2D eigenvalue weighted by molar-refractivity contribution is 6.35. The maximum Gasteiger partial charge on any atom is 0.337 e. The number of hydrogen-bond acceptors (Lipinski definition) is 4. The molecule has 1 aliphatic heterocycles. The van der Waals surface area contributed by atoms with Crippen LogP contribution in [0.4, 0.5) is 5.69 Å². The molecule has 2 N–H and O–H groups in total. The summed E-state index contributed by atoms with van der Waals surface area (Å²) in [6.45, 7) is 1.24. The topological polar surface area (TPSA) is 107 Å². The molecule has 4 rings (SSSR count). The summed E-state index contributed by atoms with van der Waals surface area (Å²) in [5.74, 6) is -2.26. The van der Waals surface area contributed by atoms with Gasteiger partial charge in [-0.15, -0.1) is 0 Å². The Morgan fingerprint density at radius 3 is 2.23 bits per heavy atom. The van der Waals surface area contributed by atoms with E-state index in [1.54, 1.807) is 23.1 Å². The largest absolute Gasteiger partial charge is 0.478 e. The highest BCUT2D eigenvalue weighted by Crippen LogP contribution is 2.46. The van der Waals surface area contributed by atoms with Gasteiger partial charge in [0.15, 0.2) is 0 Å². The summed E-state index contributed by atoms with van der Waals surface area (Å²) < 4.78 is 0. The quantitative estimate of drug-likeness (QED) is 0.438. The van der Waals surface area contributed by atoms with Gasteiger partial charge in [-0.2, -0.15) is 0 Å². The molecule has 8 nitrogen and oxygen atoms in total. The molecule has 2 aliphatic rings. The number of carbonyl (C=O) groups is 4. The van der Waals surface area contributed by atoms with Crippen LogP contribution in [0.2, 0.25) is 10.0 Å². The Morgan fingerprint density at radius 2 is 1.62 bits per heavy atom. The molecule has 1 aliphatic carbocycles. The molecule has 0 radical (unpaired) electrons. The van der Waals surface area contributed by atoms with Crippen LogP contribution in [0.1, 0.15) is 72.1 Å². The maximum atomic E-state index is 13.7. The first-order valence-corrected chi connectivity index (χ1v) is 14.0. The van der Waals surface area contributed by atoms with Crippen LogP contribution in [0.5, 0.6) is 0 Å². The van der Waals surface area contributed by atoms with Crippen molar-refractivity contribution in [2.24, 2.45) is 5.41 Å². The fourth-order valence-electron chi connectivity index (χ4n) is 5.75. The van der Waals surface area contributed by atoms with Gasteiger partial charge in [0.05, 0.1) is 11.3 Å². The number of likely N-dealkylation sites (tertiary alicyclic amines) is 1. The van der Waals surface area contributed by atoms with E-state index in [9.17, 15) is 24.3 Å². The number of anilines is 1. The predicted octanol–water partition coefficient (Wildman–Crippen LogP) is 5.42. The van der Waals surface area contributed by atoms with Crippen LogP contribution in [0.25, 0.3) is 0 Å². The van der Waals surface area contributed by atoms with Gasteiger partial charge in [-0.25, -0.2) is 4.79 Å². The fraction of sp³-hybridized carbons (Fsp3) is 0.448. The van der Waals surface area contributed by atoms with Crippen LogP contribution in [-0.2, 0) is 9.59 Å². The number of hydrogen-bond donors (Lipinski definition) is 2. The number of halogens is 2. The first-order chi connectivity index (χ1) is 18.6. The van der Waals surface area contributed by atoms with E-state index in [-0.39, 0.29) is 41.5 Å². The van der Waals surface area contributed by atoms with Crippen LogP contribution in [0, 0.1) is 5.41 Å².